The average Bonchev–Trinajstić information content (AvgIpc) is 3.66. The number of pyridine rings is 1. The van der Waals surface area contributed by atoms with Crippen molar-refractivity contribution < 1.29 is 26.7 Å². The first-order chi connectivity index (χ1) is 16.8. The Hall–Kier alpha value is -3.02. The first-order valence-corrected chi connectivity index (χ1v) is 11.5. The molecule has 182 valence electrons. The molecule has 3 heterocycles. The van der Waals surface area contributed by atoms with Gasteiger partial charge in [0.25, 0.3) is 0 Å². The maximum atomic E-state index is 15.3. The lowest BCUT2D eigenvalue weighted by atomic mass is 9.90. The Morgan fingerprint density at radius 3 is 2.46 bits per heavy atom. The molecule has 2 atom stereocenters. The van der Waals surface area contributed by atoms with Crippen molar-refractivity contribution in [3.63, 3.8) is 0 Å². The van der Waals surface area contributed by atoms with Crippen LogP contribution < -0.4 is 0 Å². The van der Waals surface area contributed by atoms with Crippen molar-refractivity contribution in [2.45, 2.75) is 36.8 Å². The molecule has 0 N–H and O–H groups in total. The first-order valence-electron chi connectivity index (χ1n) is 11.5. The van der Waals surface area contributed by atoms with Crippen LogP contribution in [-0.4, -0.2) is 35.6 Å². The third-order valence-corrected chi connectivity index (χ3v) is 6.84. The fourth-order valence-electron chi connectivity index (χ4n) is 4.67. The van der Waals surface area contributed by atoms with Crippen LogP contribution >= 0.6 is 0 Å². The van der Waals surface area contributed by atoms with Crippen molar-refractivity contribution in [1.82, 2.24) is 9.88 Å². The van der Waals surface area contributed by atoms with Gasteiger partial charge in [0.1, 0.15) is 23.2 Å². The number of allylic oxidation sites excluding steroid dienone is 2. The van der Waals surface area contributed by atoms with Gasteiger partial charge in [0.05, 0.1) is 6.61 Å². The number of rotatable bonds is 4. The molecule has 0 spiro atoms. The van der Waals surface area contributed by atoms with Crippen molar-refractivity contribution >= 4 is 0 Å². The third-order valence-electron chi connectivity index (χ3n) is 6.84. The van der Waals surface area contributed by atoms with Crippen molar-refractivity contribution in [3.05, 3.63) is 89.0 Å². The zero-order valence-electron chi connectivity index (χ0n) is 18.8. The van der Waals surface area contributed by atoms with Gasteiger partial charge in [-0.2, -0.15) is 8.78 Å². The fraction of sp³-hybridized carbons (Fsp3) is 0.370. The van der Waals surface area contributed by atoms with Crippen molar-refractivity contribution in [2.75, 3.05) is 19.7 Å². The van der Waals surface area contributed by atoms with E-state index < -0.39 is 41.0 Å². The Balaban J connectivity index is 1.23. The van der Waals surface area contributed by atoms with Gasteiger partial charge in [-0.05, 0) is 68.8 Å². The first kappa shape index (κ1) is 23.7. The number of nitrogens with zero attached hydrogens (tertiary/aromatic N) is 2. The van der Waals surface area contributed by atoms with E-state index in [9.17, 15) is 13.2 Å². The topological polar surface area (TPSA) is 28.7 Å². The van der Waals surface area contributed by atoms with E-state index in [0.717, 1.165) is 38.1 Å². The number of likely N-dealkylation sites (tertiary alicyclic amines) is 1. The van der Waals surface area contributed by atoms with Crippen LogP contribution in [0.3, 0.4) is 0 Å². The largest absolute Gasteiger partial charge is 0.357 e. The lowest BCUT2D eigenvalue weighted by Crippen LogP contribution is -2.40. The number of alkyl halides is 2. The maximum Gasteiger partial charge on any atom is 0.324 e. The Morgan fingerprint density at radius 1 is 1.09 bits per heavy atom. The smallest absolute Gasteiger partial charge is 0.324 e. The van der Waals surface area contributed by atoms with E-state index in [2.05, 4.69) is 21.7 Å². The summed E-state index contributed by atoms with van der Waals surface area (Å²) < 4.78 is 76.2. The molecular formula is C27H23F5N2O. The highest BCUT2D eigenvalue weighted by atomic mass is 19.3. The number of epoxide rings is 1. The zero-order chi connectivity index (χ0) is 24.6. The molecule has 3 aliphatic rings. The molecule has 2 aromatic rings. The number of piperidine rings is 1. The zero-order valence-corrected chi connectivity index (χ0v) is 18.8. The number of benzene rings is 1. The molecular weight excluding hydrogens is 463 g/mol. The summed E-state index contributed by atoms with van der Waals surface area (Å²) in [5.74, 6) is 0.651. The highest BCUT2D eigenvalue weighted by molar-refractivity contribution is 5.38. The van der Waals surface area contributed by atoms with Gasteiger partial charge in [0.15, 0.2) is 5.60 Å². The Labute approximate surface area is 200 Å². The van der Waals surface area contributed by atoms with Crippen molar-refractivity contribution in [2.24, 2.45) is 5.92 Å². The predicted molar refractivity (Wildman–Crippen MR) is 120 cm³/mol. The molecule has 1 aromatic heterocycles. The van der Waals surface area contributed by atoms with Crippen LogP contribution in [0.4, 0.5) is 22.0 Å². The van der Waals surface area contributed by atoms with Crippen LogP contribution in [0.15, 0.2) is 60.6 Å². The van der Waals surface area contributed by atoms with E-state index in [1.54, 1.807) is 6.08 Å². The number of hydrogen-bond donors (Lipinski definition) is 0. The summed E-state index contributed by atoms with van der Waals surface area (Å²) in [4.78, 5) is 6.21. The van der Waals surface area contributed by atoms with E-state index in [4.69, 9.17) is 4.74 Å². The summed E-state index contributed by atoms with van der Waals surface area (Å²) in [5, 5.41) is 0. The lowest BCUT2D eigenvalue weighted by Gasteiger charge is -2.35. The number of halogens is 5. The Kier molecular flexibility index (Phi) is 6.24. The Bertz CT molecular complexity index is 1220. The van der Waals surface area contributed by atoms with Gasteiger partial charge in [-0.15, -0.1) is 0 Å². The molecule has 0 bridgehead atoms. The molecule has 2 aliphatic heterocycles. The summed E-state index contributed by atoms with van der Waals surface area (Å²) in [6.07, 6.45) is 8.69. The van der Waals surface area contributed by atoms with Gasteiger partial charge in [-0.1, -0.05) is 17.9 Å². The normalized spacial score (nSPS) is 25.1. The van der Waals surface area contributed by atoms with Crippen molar-refractivity contribution in [1.29, 1.82) is 0 Å². The minimum absolute atomic E-state index is 0.178. The van der Waals surface area contributed by atoms with Crippen molar-refractivity contribution in [3.8, 4) is 11.8 Å². The summed E-state index contributed by atoms with van der Waals surface area (Å²) in [6.45, 7) is 1.32. The van der Waals surface area contributed by atoms with Gasteiger partial charge < -0.3 is 4.74 Å². The van der Waals surface area contributed by atoms with Crippen LogP contribution in [0.2, 0.25) is 0 Å². The predicted octanol–water partition coefficient (Wildman–Crippen LogP) is 5.62. The van der Waals surface area contributed by atoms with Crippen LogP contribution in [-0.2, 0) is 16.3 Å². The second kappa shape index (κ2) is 9.21. The minimum Gasteiger partial charge on any atom is -0.357 e. The van der Waals surface area contributed by atoms with Crippen LogP contribution in [0.1, 0.15) is 36.1 Å². The molecule has 35 heavy (non-hydrogen) atoms. The second-order valence-electron chi connectivity index (χ2n) is 9.08. The maximum absolute atomic E-state index is 15.3. The molecule has 8 heteroatoms. The van der Waals surface area contributed by atoms with E-state index in [0.29, 0.717) is 18.1 Å². The molecule has 2 unspecified atom stereocenters. The third kappa shape index (κ3) is 4.63. The van der Waals surface area contributed by atoms with E-state index in [1.807, 2.05) is 6.08 Å². The van der Waals surface area contributed by atoms with Gasteiger partial charge in [0.2, 0.25) is 0 Å². The number of ether oxygens (including phenoxy) is 1. The average molecular weight is 486 g/mol. The van der Waals surface area contributed by atoms with Gasteiger partial charge in [-0.25, -0.2) is 13.2 Å². The monoisotopic (exact) mass is 486 g/mol. The molecule has 0 radical (unpaired) electrons. The summed E-state index contributed by atoms with van der Waals surface area (Å²) >= 11 is 0. The van der Waals surface area contributed by atoms with E-state index >= 15 is 8.78 Å². The minimum atomic E-state index is -3.61. The molecule has 2 saturated heterocycles. The van der Waals surface area contributed by atoms with Gasteiger partial charge in [-0.3, -0.25) is 9.88 Å². The van der Waals surface area contributed by atoms with Crippen LogP contribution in [0.5, 0.6) is 0 Å². The molecule has 0 amide bonds. The molecule has 0 saturated carbocycles. The van der Waals surface area contributed by atoms with Crippen LogP contribution in [0.25, 0.3) is 0 Å². The van der Waals surface area contributed by atoms with Crippen LogP contribution in [0, 0.1) is 29.4 Å². The highest BCUT2D eigenvalue weighted by Crippen LogP contribution is 2.56. The quantitative estimate of drug-likeness (QED) is 0.319. The number of aromatic nitrogens is 1. The molecule has 1 aromatic carbocycles. The highest BCUT2D eigenvalue weighted by Gasteiger charge is 2.68. The lowest BCUT2D eigenvalue weighted by molar-refractivity contribution is -0.0901. The summed E-state index contributed by atoms with van der Waals surface area (Å²) in [7, 11) is 0. The molecule has 5 rings (SSSR count). The number of hydrogen-bond acceptors (Lipinski definition) is 3. The Morgan fingerprint density at radius 2 is 1.86 bits per heavy atom. The van der Waals surface area contributed by atoms with E-state index in [1.165, 1.54) is 24.4 Å². The molecule has 2 fully saturated rings. The standard InChI is InChI=1S/C27H23F5N2O/c28-20-4-7-22(8-5-20)34-13-11-18(12-14-34)1-2-19-3-10-25(33-16-19)27(31,32)26(17-35-26)23-9-6-21(29)15-24(23)30/h3-7,9-10,15-16,18,22H,8,11-14,17H2. The van der Waals surface area contributed by atoms with Gasteiger partial charge >= 0.3 is 5.92 Å². The van der Waals surface area contributed by atoms with E-state index in [-0.39, 0.29) is 17.8 Å². The summed E-state index contributed by atoms with van der Waals surface area (Å²) in [5.41, 5.74) is -2.66. The van der Waals surface area contributed by atoms with Gasteiger partial charge in [0, 0.05) is 35.3 Å². The fourth-order valence-corrected chi connectivity index (χ4v) is 4.67. The summed E-state index contributed by atoms with van der Waals surface area (Å²) in [6, 6.07) is 5.31. The second-order valence-corrected chi connectivity index (χ2v) is 9.08. The SMILES string of the molecule is FC1=CCC(N2CCC(C#Cc3ccc(C(F)(F)C4(c5ccc(F)cc5F)CO4)nc3)CC2)C=C1. The molecule has 3 nitrogen and oxygen atoms in total. The molecule has 1 aliphatic carbocycles.